The van der Waals surface area contributed by atoms with Crippen molar-refractivity contribution in [1.29, 1.82) is 0 Å². The van der Waals surface area contributed by atoms with Gasteiger partial charge in [-0.15, -0.1) is 5.10 Å². The van der Waals surface area contributed by atoms with E-state index >= 15 is 0 Å². The molecule has 4 aromatic rings. The summed E-state index contributed by atoms with van der Waals surface area (Å²) in [4.78, 5) is 18.9. The lowest BCUT2D eigenvalue weighted by molar-refractivity contribution is -0.126. The molecule has 0 aliphatic carbocycles. The summed E-state index contributed by atoms with van der Waals surface area (Å²) in [5.74, 6) is 0.755. The molecular formula is C32H36BrN5O2. The van der Waals surface area contributed by atoms with Gasteiger partial charge in [-0.3, -0.25) is 14.4 Å². The van der Waals surface area contributed by atoms with Crippen molar-refractivity contribution in [3.8, 4) is 5.75 Å². The zero-order valence-corrected chi connectivity index (χ0v) is 25.1. The number of ether oxygens (including phenoxy) is 1. The summed E-state index contributed by atoms with van der Waals surface area (Å²) in [6.45, 7) is 5.54. The molecular weight excluding hydrogens is 566 g/mol. The molecule has 8 heteroatoms. The SMILES string of the molecule is COc1ccc(CN(C(=O)C2CC(C)N(Cc3ccccc3)C(c3cn(C)nn3)C2)c2ccc(C)cc2Br)cc1. The smallest absolute Gasteiger partial charge is 0.230 e. The van der Waals surface area contributed by atoms with Crippen molar-refractivity contribution in [2.45, 2.75) is 51.9 Å². The number of carbonyl (C=O) groups excluding carboxylic acids is 1. The molecule has 1 aliphatic heterocycles. The van der Waals surface area contributed by atoms with Gasteiger partial charge in [0.25, 0.3) is 0 Å². The molecule has 0 spiro atoms. The number of aryl methyl sites for hydroxylation is 2. The second kappa shape index (κ2) is 12.4. The number of hydrogen-bond donors (Lipinski definition) is 0. The van der Waals surface area contributed by atoms with E-state index in [0.717, 1.165) is 45.7 Å². The highest BCUT2D eigenvalue weighted by Crippen LogP contribution is 2.40. The average Bonchev–Trinajstić information content (AvgIpc) is 3.39. The van der Waals surface area contributed by atoms with E-state index < -0.39 is 0 Å². The van der Waals surface area contributed by atoms with Gasteiger partial charge in [-0.05, 0) is 83.6 Å². The van der Waals surface area contributed by atoms with Gasteiger partial charge in [-0.1, -0.05) is 53.7 Å². The minimum absolute atomic E-state index is 0.0177. The van der Waals surface area contributed by atoms with Crippen LogP contribution in [-0.2, 0) is 24.9 Å². The van der Waals surface area contributed by atoms with Gasteiger partial charge in [0.05, 0.1) is 31.1 Å². The number of halogens is 1. The molecule has 1 aliphatic rings. The molecule has 1 amide bonds. The molecule has 0 radical (unpaired) electrons. The van der Waals surface area contributed by atoms with Gasteiger partial charge in [0, 0.05) is 36.2 Å². The third-order valence-corrected chi connectivity index (χ3v) is 8.41. The van der Waals surface area contributed by atoms with Gasteiger partial charge in [0.2, 0.25) is 5.91 Å². The maximum atomic E-state index is 14.5. The maximum absolute atomic E-state index is 14.5. The Bertz CT molecular complexity index is 1440. The fraction of sp³-hybridized carbons (Fsp3) is 0.344. The number of methoxy groups -OCH3 is 1. The Kier molecular flexibility index (Phi) is 8.66. The quantitative estimate of drug-likeness (QED) is 0.231. The molecule has 0 bridgehead atoms. The number of likely N-dealkylation sites (tertiary alicyclic amines) is 1. The zero-order chi connectivity index (χ0) is 28.2. The Hall–Kier alpha value is -3.49. The Morgan fingerprint density at radius 1 is 1.05 bits per heavy atom. The summed E-state index contributed by atoms with van der Waals surface area (Å²) in [5, 5.41) is 8.73. The molecule has 2 heterocycles. The van der Waals surface area contributed by atoms with Crippen LogP contribution in [0.3, 0.4) is 0 Å². The number of hydrogen-bond acceptors (Lipinski definition) is 5. The average molecular weight is 603 g/mol. The van der Waals surface area contributed by atoms with E-state index in [1.54, 1.807) is 11.8 Å². The Morgan fingerprint density at radius 2 is 1.80 bits per heavy atom. The molecule has 7 nitrogen and oxygen atoms in total. The molecule has 0 N–H and O–H groups in total. The van der Waals surface area contributed by atoms with Crippen molar-refractivity contribution in [3.63, 3.8) is 0 Å². The van der Waals surface area contributed by atoms with E-state index in [4.69, 9.17) is 4.74 Å². The monoisotopic (exact) mass is 601 g/mol. The van der Waals surface area contributed by atoms with Crippen LogP contribution in [0.4, 0.5) is 5.69 Å². The number of aromatic nitrogens is 3. The van der Waals surface area contributed by atoms with Gasteiger partial charge >= 0.3 is 0 Å². The number of carbonyl (C=O) groups is 1. The highest BCUT2D eigenvalue weighted by atomic mass is 79.9. The van der Waals surface area contributed by atoms with Crippen LogP contribution in [0, 0.1) is 12.8 Å². The first-order chi connectivity index (χ1) is 19.3. The third-order valence-electron chi connectivity index (χ3n) is 7.78. The minimum Gasteiger partial charge on any atom is -0.497 e. The second-order valence-corrected chi connectivity index (χ2v) is 11.6. The molecule has 0 saturated carbocycles. The van der Waals surface area contributed by atoms with E-state index in [9.17, 15) is 4.79 Å². The number of rotatable bonds is 8. The molecule has 3 unspecified atom stereocenters. The molecule has 1 saturated heterocycles. The van der Waals surface area contributed by atoms with E-state index in [0.29, 0.717) is 13.0 Å². The molecule has 208 valence electrons. The first kappa shape index (κ1) is 28.1. The van der Waals surface area contributed by atoms with Crippen LogP contribution in [0.1, 0.15) is 48.2 Å². The summed E-state index contributed by atoms with van der Waals surface area (Å²) in [6, 6.07) is 24.7. The van der Waals surface area contributed by atoms with Crippen LogP contribution in [0.15, 0.2) is 83.5 Å². The lowest BCUT2D eigenvalue weighted by Gasteiger charge is -2.44. The first-order valence-electron chi connectivity index (χ1n) is 13.7. The molecule has 40 heavy (non-hydrogen) atoms. The number of amides is 1. The van der Waals surface area contributed by atoms with Crippen LogP contribution >= 0.6 is 15.9 Å². The van der Waals surface area contributed by atoms with Crippen molar-refractivity contribution in [1.82, 2.24) is 19.9 Å². The number of piperidine rings is 1. The normalized spacial score (nSPS) is 19.4. The summed E-state index contributed by atoms with van der Waals surface area (Å²) >= 11 is 3.74. The maximum Gasteiger partial charge on any atom is 0.230 e. The molecule has 3 atom stereocenters. The van der Waals surface area contributed by atoms with E-state index in [1.165, 1.54) is 5.56 Å². The van der Waals surface area contributed by atoms with Crippen LogP contribution in [0.5, 0.6) is 5.75 Å². The largest absolute Gasteiger partial charge is 0.497 e. The zero-order valence-electron chi connectivity index (χ0n) is 23.5. The number of nitrogens with zero attached hydrogens (tertiary/aromatic N) is 5. The number of anilines is 1. The van der Waals surface area contributed by atoms with Crippen LogP contribution in [-0.4, -0.2) is 39.0 Å². The molecule has 1 fully saturated rings. The summed E-state index contributed by atoms with van der Waals surface area (Å²) in [6.07, 6.45) is 3.43. The topological polar surface area (TPSA) is 63.5 Å². The van der Waals surface area contributed by atoms with E-state index in [-0.39, 0.29) is 23.9 Å². The number of benzene rings is 3. The molecule has 5 rings (SSSR count). The predicted molar refractivity (Wildman–Crippen MR) is 161 cm³/mol. The first-order valence-corrected chi connectivity index (χ1v) is 14.5. The minimum atomic E-state index is -0.166. The van der Waals surface area contributed by atoms with Gasteiger partial charge in [0.1, 0.15) is 5.75 Å². The summed E-state index contributed by atoms with van der Waals surface area (Å²) < 4.78 is 8.00. The molecule has 1 aromatic heterocycles. The van der Waals surface area contributed by atoms with Gasteiger partial charge in [0.15, 0.2) is 0 Å². The Balaban J connectivity index is 1.47. The van der Waals surface area contributed by atoms with Gasteiger partial charge in [-0.2, -0.15) is 0 Å². The standard InChI is InChI=1S/C32H36BrN5O2/c1-22-10-15-30(28(33)16-22)38(20-25-11-13-27(40-4)14-12-25)32(39)26-17-23(2)37(19-24-8-6-5-7-9-24)31(18-26)29-21-36(3)35-34-29/h5-16,21,23,26,31H,17-20H2,1-4H3. The Morgan fingerprint density at radius 3 is 2.45 bits per heavy atom. The van der Waals surface area contributed by atoms with Crippen LogP contribution in [0.25, 0.3) is 0 Å². The summed E-state index contributed by atoms with van der Waals surface area (Å²) in [5.41, 5.74) is 5.21. The third kappa shape index (κ3) is 6.29. The highest BCUT2D eigenvalue weighted by molar-refractivity contribution is 9.10. The summed E-state index contributed by atoms with van der Waals surface area (Å²) in [7, 11) is 3.55. The lowest BCUT2D eigenvalue weighted by Crippen LogP contribution is -2.47. The second-order valence-electron chi connectivity index (χ2n) is 10.7. The fourth-order valence-corrected chi connectivity index (χ4v) is 6.38. The highest BCUT2D eigenvalue weighted by Gasteiger charge is 2.40. The molecule has 3 aromatic carbocycles. The van der Waals surface area contributed by atoms with E-state index in [2.05, 4.69) is 81.4 Å². The predicted octanol–water partition coefficient (Wildman–Crippen LogP) is 6.47. The lowest BCUT2D eigenvalue weighted by atomic mass is 9.83. The Labute approximate surface area is 244 Å². The van der Waals surface area contributed by atoms with Crippen molar-refractivity contribution < 1.29 is 9.53 Å². The van der Waals surface area contributed by atoms with Gasteiger partial charge in [-0.25, -0.2) is 0 Å². The van der Waals surface area contributed by atoms with Crippen LogP contribution < -0.4 is 9.64 Å². The van der Waals surface area contributed by atoms with Crippen molar-refractivity contribution in [2.75, 3.05) is 12.0 Å². The van der Waals surface area contributed by atoms with E-state index in [1.807, 2.05) is 54.5 Å². The van der Waals surface area contributed by atoms with Crippen molar-refractivity contribution >= 4 is 27.5 Å². The van der Waals surface area contributed by atoms with Crippen molar-refractivity contribution in [3.05, 3.63) is 106 Å². The van der Waals surface area contributed by atoms with Crippen LogP contribution in [0.2, 0.25) is 0 Å². The fourth-order valence-electron chi connectivity index (χ4n) is 5.67. The van der Waals surface area contributed by atoms with Gasteiger partial charge < -0.3 is 9.64 Å². The van der Waals surface area contributed by atoms with Crippen molar-refractivity contribution in [2.24, 2.45) is 13.0 Å².